The summed E-state index contributed by atoms with van der Waals surface area (Å²) in [7, 11) is 2.13. The SMILES string of the molecule is Cn1cccc1CN1C[C@@H](CN(C(=O)c2ccccc2)C2CCCCC2)[C@H](c2ccccc2)C1. The maximum Gasteiger partial charge on any atom is 0.254 e. The number of nitrogens with zero attached hydrogens (tertiary/aromatic N) is 3. The van der Waals surface area contributed by atoms with Crippen molar-refractivity contribution in [2.75, 3.05) is 19.6 Å². The Kier molecular flexibility index (Phi) is 7.15. The van der Waals surface area contributed by atoms with Crippen LogP contribution < -0.4 is 0 Å². The Morgan fingerprint density at radius 3 is 2.26 bits per heavy atom. The molecule has 4 heteroatoms. The van der Waals surface area contributed by atoms with Gasteiger partial charge in [-0.1, -0.05) is 67.8 Å². The molecule has 3 aromatic rings. The topological polar surface area (TPSA) is 28.5 Å². The first kappa shape index (κ1) is 22.9. The van der Waals surface area contributed by atoms with Crippen LogP contribution in [0.15, 0.2) is 79.0 Å². The summed E-state index contributed by atoms with van der Waals surface area (Å²) in [6.45, 7) is 3.86. The summed E-state index contributed by atoms with van der Waals surface area (Å²) >= 11 is 0. The molecular weight excluding hydrogens is 418 g/mol. The number of likely N-dealkylation sites (tertiary alicyclic amines) is 1. The van der Waals surface area contributed by atoms with Gasteiger partial charge in [-0.25, -0.2) is 0 Å². The minimum Gasteiger partial charge on any atom is -0.353 e. The molecule has 34 heavy (non-hydrogen) atoms. The number of amides is 1. The molecular formula is C30H37N3O. The van der Waals surface area contributed by atoms with Gasteiger partial charge in [0.25, 0.3) is 5.91 Å². The number of hydrogen-bond donors (Lipinski definition) is 0. The molecule has 2 atom stereocenters. The number of aryl methyl sites for hydroxylation is 1. The van der Waals surface area contributed by atoms with E-state index in [0.717, 1.165) is 44.6 Å². The fraction of sp³-hybridized carbons (Fsp3) is 0.433. The average molecular weight is 456 g/mol. The van der Waals surface area contributed by atoms with E-state index in [1.807, 2.05) is 30.3 Å². The number of aromatic nitrogens is 1. The van der Waals surface area contributed by atoms with Crippen LogP contribution in [0.2, 0.25) is 0 Å². The predicted molar refractivity (Wildman–Crippen MR) is 138 cm³/mol. The Bertz CT molecular complexity index is 1050. The Hall–Kier alpha value is -2.85. The van der Waals surface area contributed by atoms with Crippen molar-refractivity contribution in [1.29, 1.82) is 0 Å². The van der Waals surface area contributed by atoms with E-state index >= 15 is 0 Å². The highest BCUT2D eigenvalue weighted by Crippen LogP contribution is 2.36. The fourth-order valence-electron chi connectivity index (χ4n) is 6.03. The van der Waals surface area contributed by atoms with Crippen molar-refractivity contribution < 1.29 is 4.79 Å². The first-order valence-electron chi connectivity index (χ1n) is 12.9. The third-order valence-electron chi connectivity index (χ3n) is 7.91. The van der Waals surface area contributed by atoms with Crippen molar-refractivity contribution in [3.05, 3.63) is 95.8 Å². The monoisotopic (exact) mass is 455 g/mol. The van der Waals surface area contributed by atoms with Crippen LogP contribution in [-0.2, 0) is 13.6 Å². The predicted octanol–water partition coefficient (Wildman–Crippen LogP) is 5.72. The molecule has 1 aliphatic heterocycles. The summed E-state index contributed by atoms with van der Waals surface area (Å²) < 4.78 is 2.22. The summed E-state index contributed by atoms with van der Waals surface area (Å²) in [5.41, 5.74) is 3.57. The number of carbonyl (C=O) groups is 1. The number of hydrogen-bond acceptors (Lipinski definition) is 2. The second kappa shape index (κ2) is 10.6. The summed E-state index contributed by atoms with van der Waals surface area (Å²) in [5, 5.41) is 0. The molecule has 0 N–H and O–H groups in total. The lowest BCUT2D eigenvalue weighted by Crippen LogP contribution is -2.45. The maximum absolute atomic E-state index is 13.8. The van der Waals surface area contributed by atoms with Gasteiger partial charge < -0.3 is 9.47 Å². The Morgan fingerprint density at radius 1 is 0.882 bits per heavy atom. The normalized spacial score (nSPS) is 21.6. The lowest BCUT2D eigenvalue weighted by molar-refractivity contribution is 0.0588. The molecule has 0 bridgehead atoms. The fourth-order valence-corrected chi connectivity index (χ4v) is 6.03. The van der Waals surface area contributed by atoms with Crippen molar-refractivity contribution in [3.8, 4) is 0 Å². The zero-order valence-electron chi connectivity index (χ0n) is 20.4. The molecule has 0 spiro atoms. The van der Waals surface area contributed by atoms with E-state index in [1.54, 1.807) is 0 Å². The third-order valence-corrected chi connectivity index (χ3v) is 7.91. The van der Waals surface area contributed by atoms with Gasteiger partial charge >= 0.3 is 0 Å². The maximum atomic E-state index is 13.8. The van der Waals surface area contributed by atoms with Crippen molar-refractivity contribution in [2.24, 2.45) is 13.0 Å². The zero-order chi connectivity index (χ0) is 23.3. The van der Waals surface area contributed by atoms with Gasteiger partial charge in [0.2, 0.25) is 0 Å². The minimum atomic E-state index is 0.209. The Morgan fingerprint density at radius 2 is 1.59 bits per heavy atom. The molecule has 4 nitrogen and oxygen atoms in total. The molecule has 178 valence electrons. The van der Waals surface area contributed by atoms with E-state index in [9.17, 15) is 4.79 Å². The van der Waals surface area contributed by atoms with Gasteiger partial charge in [-0.2, -0.15) is 0 Å². The summed E-state index contributed by atoms with van der Waals surface area (Å²) in [6.07, 6.45) is 8.15. The minimum absolute atomic E-state index is 0.209. The van der Waals surface area contributed by atoms with Crippen molar-refractivity contribution >= 4 is 5.91 Å². The van der Waals surface area contributed by atoms with Crippen LogP contribution in [0.5, 0.6) is 0 Å². The summed E-state index contributed by atoms with van der Waals surface area (Å²) in [5.74, 6) is 1.08. The molecule has 2 aliphatic rings. The van der Waals surface area contributed by atoms with Gasteiger partial charge in [-0.3, -0.25) is 9.69 Å². The van der Waals surface area contributed by atoms with Gasteiger partial charge in [-0.05, 0) is 48.6 Å². The van der Waals surface area contributed by atoms with Gasteiger partial charge in [0.1, 0.15) is 0 Å². The van der Waals surface area contributed by atoms with Gasteiger partial charge in [-0.15, -0.1) is 0 Å². The molecule has 2 aromatic carbocycles. The lowest BCUT2D eigenvalue weighted by Gasteiger charge is -2.37. The van der Waals surface area contributed by atoms with Gasteiger partial charge in [0.05, 0.1) is 0 Å². The second-order valence-electron chi connectivity index (χ2n) is 10.2. The Balaban J connectivity index is 1.41. The van der Waals surface area contributed by atoms with Crippen LogP contribution in [0.3, 0.4) is 0 Å². The second-order valence-corrected chi connectivity index (χ2v) is 10.2. The number of carbonyl (C=O) groups excluding carboxylic acids is 1. The number of benzene rings is 2. The highest BCUT2D eigenvalue weighted by molar-refractivity contribution is 5.94. The van der Waals surface area contributed by atoms with Crippen molar-refractivity contribution in [2.45, 2.75) is 50.6 Å². The van der Waals surface area contributed by atoms with E-state index in [1.165, 1.54) is 30.5 Å². The molecule has 2 fully saturated rings. The van der Waals surface area contributed by atoms with Crippen molar-refractivity contribution in [3.63, 3.8) is 0 Å². The zero-order valence-corrected chi connectivity index (χ0v) is 20.4. The smallest absolute Gasteiger partial charge is 0.254 e. The van der Waals surface area contributed by atoms with Gasteiger partial charge in [0, 0.05) is 62.6 Å². The molecule has 1 aliphatic carbocycles. The molecule has 0 radical (unpaired) electrons. The van der Waals surface area contributed by atoms with E-state index in [2.05, 4.69) is 70.1 Å². The molecule has 1 saturated carbocycles. The van der Waals surface area contributed by atoms with E-state index < -0.39 is 0 Å². The Labute approximate surface area is 204 Å². The van der Waals surface area contributed by atoms with Crippen LogP contribution in [0.4, 0.5) is 0 Å². The van der Waals surface area contributed by atoms with Crippen LogP contribution in [-0.4, -0.2) is 46.0 Å². The standard InChI is InChI=1S/C30H37N3O/c1-31-19-11-18-28(31)22-32-20-26(29(23-32)24-12-5-2-6-13-24)21-33(27-16-9-4-10-17-27)30(34)25-14-7-3-8-15-25/h2-3,5-8,11-15,18-19,26-27,29H,4,9-10,16-17,20-23H2,1H3/t26-,29-/m0/s1. The van der Waals surface area contributed by atoms with Crippen LogP contribution >= 0.6 is 0 Å². The molecule has 5 rings (SSSR count). The number of rotatable bonds is 7. The summed E-state index contributed by atoms with van der Waals surface area (Å²) in [6, 6.07) is 25.6. The quantitative estimate of drug-likeness (QED) is 0.456. The van der Waals surface area contributed by atoms with E-state index in [4.69, 9.17) is 0 Å². The molecule has 1 saturated heterocycles. The molecule has 1 amide bonds. The average Bonchev–Trinajstić information content (AvgIpc) is 3.49. The highest BCUT2D eigenvalue weighted by Gasteiger charge is 2.38. The van der Waals surface area contributed by atoms with E-state index in [-0.39, 0.29) is 5.91 Å². The first-order valence-corrected chi connectivity index (χ1v) is 12.9. The van der Waals surface area contributed by atoms with Crippen LogP contribution in [0.1, 0.15) is 59.6 Å². The van der Waals surface area contributed by atoms with Crippen LogP contribution in [0, 0.1) is 5.92 Å². The van der Waals surface area contributed by atoms with E-state index in [0.29, 0.717) is 17.9 Å². The molecule has 2 heterocycles. The summed E-state index contributed by atoms with van der Waals surface area (Å²) in [4.78, 5) is 18.6. The van der Waals surface area contributed by atoms with Gasteiger partial charge in [0.15, 0.2) is 0 Å². The highest BCUT2D eigenvalue weighted by atomic mass is 16.2. The third kappa shape index (κ3) is 5.12. The molecule has 1 aromatic heterocycles. The van der Waals surface area contributed by atoms with Crippen molar-refractivity contribution in [1.82, 2.24) is 14.4 Å². The largest absolute Gasteiger partial charge is 0.353 e. The van der Waals surface area contributed by atoms with Crippen LogP contribution in [0.25, 0.3) is 0 Å². The first-order chi connectivity index (χ1) is 16.7. The lowest BCUT2D eigenvalue weighted by atomic mass is 9.87. The molecule has 0 unspecified atom stereocenters.